The number of para-hydroxylation sites is 1. The number of benzene rings is 2. The van der Waals surface area contributed by atoms with Crippen LogP contribution in [0.5, 0.6) is 5.75 Å². The van der Waals surface area contributed by atoms with E-state index in [1.54, 1.807) is 0 Å². The standard InChI is InChI=1S/C25H38N2O2/c1-27(21-23-14-8-6-9-15-23)19-13-5-3-2-4-12-18-26-20-24(28)22-29-25-16-10-7-11-17-25/h6-11,14-17,24,26,28H,2-5,12-13,18-22H2,1H3. The smallest absolute Gasteiger partial charge is 0.119 e. The van der Waals surface area contributed by atoms with Gasteiger partial charge in [0, 0.05) is 13.1 Å². The van der Waals surface area contributed by atoms with Crippen LogP contribution in [0.15, 0.2) is 60.7 Å². The van der Waals surface area contributed by atoms with Gasteiger partial charge in [0.25, 0.3) is 0 Å². The highest BCUT2D eigenvalue weighted by molar-refractivity contribution is 5.20. The maximum Gasteiger partial charge on any atom is 0.119 e. The van der Waals surface area contributed by atoms with E-state index in [0.29, 0.717) is 13.2 Å². The van der Waals surface area contributed by atoms with Gasteiger partial charge in [0.05, 0.1) is 0 Å². The van der Waals surface area contributed by atoms with Gasteiger partial charge in [-0.05, 0) is 50.7 Å². The fourth-order valence-electron chi connectivity index (χ4n) is 3.35. The lowest BCUT2D eigenvalue weighted by Gasteiger charge is -2.16. The van der Waals surface area contributed by atoms with E-state index in [4.69, 9.17) is 4.74 Å². The second kappa shape index (κ2) is 15.0. The number of nitrogens with zero attached hydrogens (tertiary/aromatic N) is 1. The first-order valence-corrected chi connectivity index (χ1v) is 11.0. The first kappa shape index (κ1) is 23.4. The molecule has 4 heteroatoms. The highest BCUT2D eigenvalue weighted by Gasteiger charge is 2.04. The Balaban J connectivity index is 1.35. The summed E-state index contributed by atoms with van der Waals surface area (Å²) in [5.41, 5.74) is 1.39. The Hall–Kier alpha value is -1.88. The number of aliphatic hydroxyl groups is 1. The molecule has 0 saturated heterocycles. The fourth-order valence-corrected chi connectivity index (χ4v) is 3.35. The molecule has 1 unspecified atom stereocenters. The summed E-state index contributed by atoms with van der Waals surface area (Å²) in [6, 6.07) is 20.3. The summed E-state index contributed by atoms with van der Waals surface area (Å²) in [6.07, 6.45) is 7.14. The SMILES string of the molecule is CN(CCCCCCCCNCC(O)COc1ccccc1)Cc1ccccc1. The predicted octanol–water partition coefficient (Wildman–Crippen LogP) is 4.49. The molecule has 2 rings (SSSR count). The van der Waals surface area contributed by atoms with Crippen LogP contribution in [0.3, 0.4) is 0 Å². The van der Waals surface area contributed by atoms with Crippen LogP contribution in [0.4, 0.5) is 0 Å². The average Bonchev–Trinajstić information content (AvgIpc) is 2.75. The van der Waals surface area contributed by atoms with E-state index in [2.05, 4.69) is 47.6 Å². The Morgan fingerprint density at radius 1 is 0.862 bits per heavy atom. The van der Waals surface area contributed by atoms with Gasteiger partial charge < -0.3 is 20.1 Å². The Kier molecular flexibility index (Phi) is 12.1. The minimum Gasteiger partial charge on any atom is -0.491 e. The minimum absolute atomic E-state index is 0.329. The molecule has 0 amide bonds. The van der Waals surface area contributed by atoms with Crippen LogP contribution in [0, 0.1) is 0 Å². The summed E-state index contributed by atoms with van der Waals surface area (Å²) in [5, 5.41) is 13.3. The number of aliphatic hydroxyl groups excluding tert-OH is 1. The zero-order valence-corrected chi connectivity index (χ0v) is 17.9. The molecule has 0 radical (unpaired) electrons. The van der Waals surface area contributed by atoms with Gasteiger partial charge in [-0.3, -0.25) is 0 Å². The third kappa shape index (κ3) is 11.6. The molecule has 0 fully saturated rings. The van der Waals surface area contributed by atoms with Crippen LogP contribution in [-0.2, 0) is 6.54 Å². The lowest BCUT2D eigenvalue weighted by atomic mass is 10.1. The largest absolute Gasteiger partial charge is 0.491 e. The predicted molar refractivity (Wildman–Crippen MR) is 121 cm³/mol. The number of rotatable bonds is 16. The molecule has 2 aromatic carbocycles. The molecule has 0 spiro atoms. The van der Waals surface area contributed by atoms with Gasteiger partial charge in [-0.25, -0.2) is 0 Å². The Morgan fingerprint density at radius 2 is 1.48 bits per heavy atom. The van der Waals surface area contributed by atoms with E-state index in [1.807, 2.05) is 30.3 Å². The number of hydrogen-bond acceptors (Lipinski definition) is 4. The van der Waals surface area contributed by atoms with Crippen molar-refractivity contribution in [3.8, 4) is 5.75 Å². The van der Waals surface area contributed by atoms with Gasteiger partial charge in [-0.2, -0.15) is 0 Å². The van der Waals surface area contributed by atoms with Crippen molar-refractivity contribution in [3.05, 3.63) is 66.2 Å². The van der Waals surface area contributed by atoms with Crippen molar-refractivity contribution in [2.45, 2.75) is 51.2 Å². The van der Waals surface area contributed by atoms with Crippen LogP contribution in [0.1, 0.15) is 44.1 Å². The van der Waals surface area contributed by atoms with Gasteiger partial charge in [-0.1, -0.05) is 74.2 Å². The van der Waals surface area contributed by atoms with Crippen molar-refractivity contribution >= 4 is 0 Å². The number of hydrogen-bond donors (Lipinski definition) is 2. The van der Waals surface area contributed by atoms with Gasteiger partial charge in [0.15, 0.2) is 0 Å². The van der Waals surface area contributed by atoms with Crippen LogP contribution >= 0.6 is 0 Å². The van der Waals surface area contributed by atoms with E-state index in [0.717, 1.165) is 18.8 Å². The molecular weight excluding hydrogens is 360 g/mol. The van der Waals surface area contributed by atoms with Crippen LogP contribution < -0.4 is 10.1 Å². The maximum absolute atomic E-state index is 9.96. The molecule has 0 bridgehead atoms. The molecule has 0 aliphatic heterocycles. The van der Waals surface area contributed by atoms with Gasteiger partial charge in [-0.15, -0.1) is 0 Å². The van der Waals surface area contributed by atoms with Crippen molar-refractivity contribution in [3.63, 3.8) is 0 Å². The fraction of sp³-hybridized carbons (Fsp3) is 0.520. The lowest BCUT2D eigenvalue weighted by Crippen LogP contribution is -2.32. The molecule has 0 aromatic heterocycles. The second-order valence-electron chi connectivity index (χ2n) is 7.83. The highest BCUT2D eigenvalue weighted by Crippen LogP contribution is 2.09. The number of nitrogens with one attached hydrogen (secondary N) is 1. The molecule has 2 N–H and O–H groups in total. The molecule has 160 valence electrons. The quantitative estimate of drug-likeness (QED) is 0.409. The summed E-state index contributed by atoms with van der Waals surface area (Å²) in [6.45, 7) is 4.08. The van der Waals surface area contributed by atoms with Crippen LogP contribution in [0.2, 0.25) is 0 Å². The second-order valence-corrected chi connectivity index (χ2v) is 7.83. The molecule has 0 heterocycles. The first-order valence-electron chi connectivity index (χ1n) is 11.0. The summed E-state index contributed by atoms with van der Waals surface area (Å²) in [5.74, 6) is 0.804. The highest BCUT2D eigenvalue weighted by atomic mass is 16.5. The topological polar surface area (TPSA) is 44.7 Å². The average molecular weight is 399 g/mol. The minimum atomic E-state index is -0.469. The van der Waals surface area contributed by atoms with E-state index in [-0.39, 0.29) is 0 Å². The summed E-state index contributed by atoms with van der Waals surface area (Å²) < 4.78 is 5.56. The first-order chi connectivity index (χ1) is 14.2. The van der Waals surface area contributed by atoms with Crippen molar-refractivity contribution < 1.29 is 9.84 Å². The molecule has 2 aromatic rings. The van der Waals surface area contributed by atoms with Gasteiger partial charge >= 0.3 is 0 Å². The molecular formula is C25H38N2O2. The normalized spacial score (nSPS) is 12.2. The molecule has 0 aliphatic carbocycles. The van der Waals surface area contributed by atoms with Crippen LogP contribution in [0.25, 0.3) is 0 Å². The van der Waals surface area contributed by atoms with Crippen LogP contribution in [-0.4, -0.2) is 49.4 Å². The third-order valence-corrected chi connectivity index (χ3v) is 5.00. The van der Waals surface area contributed by atoms with E-state index in [9.17, 15) is 5.11 Å². The van der Waals surface area contributed by atoms with E-state index < -0.39 is 6.10 Å². The Morgan fingerprint density at radius 3 is 2.21 bits per heavy atom. The Bertz CT molecular complexity index is 621. The van der Waals surface area contributed by atoms with Crippen molar-refractivity contribution in [1.29, 1.82) is 0 Å². The summed E-state index contributed by atoms with van der Waals surface area (Å²) >= 11 is 0. The number of ether oxygens (including phenoxy) is 1. The van der Waals surface area contributed by atoms with Crippen molar-refractivity contribution in [2.24, 2.45) is 0 Å². The Labute approximate surface area is 176 Å². The maximum atomic E-state index is 9.96. The van der Waals surface area contributed by atoms with Gasteiger partial charge in [0.2, 0.25) is 0 Å². The zero-order chi connectivity index (χ0) is 20.6. The molecule has 0 saturated carbocycles. The van der Waals surface area contributed by atoms with Crippen molar-refractivity contribution in [1.82, 2.24) is 10.2 Å². The monoisotopic (exact) mass is 398 g/mol. The lowest BCUT2D eigenvalue weighted by molar-refractivity contribution is 0.106. The van der Waals surface area contributed by atoms with Crippen molar-refractivity contribution in [2.75, 3.05) is 33.3 Å². The molecule has 4 nitrogen and oxygen atoms in total. The number of unbranched alkanes of at least 4 members (excludes halogenated alkanes) is 5. The summed E-state index contributed by atoms with van der Waals surface area (Å²) in [4.78, 5) is 2.41. The summed E-state index contributed by atoms with van der Waals surface area (Å²) in [7, 11) is 2.21. The third-order valence-electron chi connectivity index (χ3n) is 5.00. The molecule has 29 heavy (non-hydrogen) atoms. The molecule has 0 aliphatic rings. The zero-order valence-electron chi connectivity index (χ0n) is 17.9. The van der Waals surface area contributed by atoms with Gasteiger partial charge in [0.1, 0.15) is 18.5 Å². The molecule has 1 atom stereocenters. The van der Waals surface area contributed by atoms with E-state index >= 15 is 0 Å². The van der Waals surface area contributed by atoms with E-state index in [1.165, 1.54) is 50.6 Å².